The first-order valence-electron chi connectivity index (χ1n) is 12.7. The number of ether oxygens (including phenoxy) is 1. The van der Waals surface area contributed by atoms with Gasteiger partial charge in [-0.15, -0.1) is 0 Å². The Hall–Kier alpha value is -3.98. The molecule has 1 unspecified atom stereocenters. The SMILES string of the molecule is CCC(C)(CNc1cc(-c2cnc3c(c2)COC3(C)C)ncn1)c1cccc2c(C(=O)NC)c(F)cnc12. The molecule has 1 aromatic carbocycles. The third-order valence-corrected chi connectivity index (χ3v) is 7.48. The second-order valence-corrected chi connectivity index (χ2v) is 10.3. The summed E-state index contributed by atoms with van der Waals surface area (Å²) in [5.41, 5.74) is 4.45. The van der Waals surface area contributed by atoms with Gasteiger partial charge < -0.3 is 15.4 Å². The molecule has 2 N–H and O–H groups in total. The van der Waals surface area contributed by atoms with Crippen LogP contribution in [-0.4, -0.2) is 39.4 Å². The summed E-state index contributed by atoms with van der Waals surface area (Å²) >= 11 is 0. The molecule has 1 aliphatic rings. The highest BCUT2D eigenvalue weighted by atomic mass is 19.1. The number of amides is 1. The fourth-order valence-corrected chi connectivity index (χ4v) is 4.98. The predicted molar refractivity (Wildman–Crippen MR) is 144 cm³/mol. The van der Waals surface area contributed by atoms with Gasteiger partial charge in [0.25, 0.3) is 5.91 Å². The lowest BCUT2D eigenvalue weighted by atomic mass is 9.78. The second kappa shape index (κ2) is 9.72. The summed E-state index contributed by atoms with van der Waals surface area (Å²) in [6, 6.07) is 9.53. The molecular weight excluding hydrogens is 483 g/mol. The number of nitrogens with one attached hydrogen (secondary N) is 2. The van der Waals surface area contributed by atoms with Crippen LogP contribution < -0.4 is 10.6 Å². The van der Waals surface area contributed by atoms with Crippen molar-refractivity contribution in [1.29, 1.82) is 0 Å². The van der Waals surface area contributed by atoms with Crippen LogP contribution in [0.1, 0.15) is 61.3 Å². The van der Waals surface area contributed by atoms with E-state index < -0.39 is 11.7 Å². The van der Waals surface area contributed by atoms with Gasteiger partial charge in [-0.1, -0.05) is 32.0 Å². The van der Waals surface area contributed by atoms with Gasteiger partial charge in [-0.05, 0) is 31.9 Å². The molecule has 4 heterocycles. The minimum absolute atomic E-state index is 0.00273. The average Bonchev–Trinajstić information content (AvgIpc) is 3.24. The van der Waals surface area contributed by atoms with Crippen LogP contribution >= 0.6 is 0 Å². The first-order chi connectivity index (χ1) is 18.2. The Morgan fingerprint density at radius 1 is 1.16 bits per heavy atom. The van der Waals surface area contributed by atoms with Crippen molar-refractivity contribution in [1.82, 2.24) is 25.3 Å². The third kappa shape index (κ3) is 4.47. The highest BCUT2D eigenvalue weighted by Gasteiger charge is 2.33. The van der Waals surface area contributed by atoms with Crippen molar-refractivity contribution in [3.63, 3.8) is 0 Å². The number of carbonyl (C=O) groups is 1. The van der Waals surface area contributed by atoms with Crippen LogP contribution in [0.3, 0.4) is 0 Å². The van der Waals surface area contributed by atoms with Gasteiger partial charge in [0.05, 0.1) is 35.3 Å². The van der Waals surface area contributed by atoms with Crippen LogP contribution in [0.25, 0.3) is 22.2 Å². The molecule has 0 aliphatic carbocycles. The van der Waals surface area contributed by atoms with Gasteiger partial charge in [0.1, 0.15) is 17.7 Å². The van der Waals surface area contributed by atoms with Crippen molar-refractivity contribution in [3.8, 4) is 11.3 Å². The Labute approximate surface area is 221 Å². The molecule has 8 nitrogen and oxygen atoms in total. The number of halogens is 1. The maximum Gasteiger partial charge on any atom is 0.254 e. The molecule has 0 saturated carbocycles. The summed E-state index contributed by atoms with van der Waals surface area (Å²) in [5, 5.41) is 6.47. The topological polar surface area (TPSA) is 102 Å². The summed E-state index contributed by atoms with van der Waals surface area (Å²) < 4.78 is 20.4. The number of hydrogen-bond donors (Lipinski definition) is 2. The van der Waals surface area contributed by atoms with E-state index in [9.17, 15) is 9.18 Å². The van der Waals surface area contributed by atoms with Gasteiger partial charge in [-0.25, -0.2) is 14.4 Å². The van der Waals surface area contributed by atoms with Crippen LogP contribution in [0.2, 0.25) is 0 Å². The van der Waals surface area contributed by atoms with Crippen LogP contribution in [-0.2, 0) is 22.4 Å². The molecule has 0 radical (unpaired) electrons. The Bertz CT molecular complexity index is 1540. The molecule has 196 valence electrons. The van der Waals surface area contributed by atoms with E-state index in [1.807, 2.05) is 38.2 Å². The molecule has 0 saturated heterocycles. The molecule has 3 aromatic heterocycles. The van der Waals surface area contributed by atoms with Gasteiger partial charge in [0, 0.05) is 47.8 Å². The fraction of sp³-hybridized carbons (Fsp3) is 0.345. The number of pyridine rings is 2. The molecule has 1 amide bonds. The van der Waals surface area contributed by atoms with Gasteiger partial charge in [-0.2, -0.15) is 0 Å². The van der Waals surface area contributed by atoms with Crippen molar-refractivity contribution < 1.29 is 13.9 Å². The van der Waals surface area contributed by atoms with Crippen molar-refractivity contribution in [2.24, 2.45) is 0 Å². The first kappa shape index (κ1) is 25.7. The molecule has 5 rings (SSSR count). The molecular formula is C29H31FN6O2. The Morgan fingerprint density at radius 2 is 1.97 bits per heavy atom. The van der Waals surface area contributed by atoms with Crippen LogP contribution in [0, 0.1) is 5.82 Å². The zero-order chi connectivity index (χ0) is 27.1. The van der Waals surface area contributed by atoms with Crippen molar-refractivity contribution >= 4 is 22.6 Å². The molecule has 0 spiro atoms. The van der Waals surface area contributed by atoms with Gasteiger partial charge in [-0.3, -0.25) is 14.8 Å². The number of hydrogen-bond acceptors (Lipinski definition) is 7. The van der Waals surface area contributed by atoms with Crippen molar-refractivity contribution in [2.75, 3.05) is 18.9 Å². The summed E-state index contributed by atoms with van der Waals surface area (Å²) in [4.78, 5) is 30.3. The fourth-order valence-electron chi connectivity index (χ4n) is 4.98. The van der Waals surface area contributed by atoms with E-state index in [-0.39, 0.29) is 16.6 Å². The maximum atomic E-state index is 14.6. The lowest BCUT2D eigenvalue weighted by molar-refractivity contribution is -0.0101. The number of nitrogens with zero attached hydrogens (tertiary/aromatic N) is 4. The predicted octanol–water partition coefficient (Wildman–Crippen LogP) is 5.13. The number of anilines is 1. The van der Waals surface area contributed by atoms with Crippen LogP contribution in [0.4, 0.5) is 10.2 Å². The largest absolute Gasteiger partial charge is 0.369 e. The number of fused-ring (bicyclic) bond motifs is 2. The van der Waals surface area contributed by atoms with Gasteiger partial charge in [0.15, 0.2) is 5.82 Å². The minimum Gasteiger partial charge on any atom is -0.369 e. The smallest absolute Gasteiger partial charge is 0.254 e. The number of carbonyl (C=O) groups excluding carboxylic acids is 1. The summed E-state index contributed by atoms with van der Waals surface area (Å²) in [7, 11) is 1.49. The standard InChI is InChI=1S/C29H31FN6O2/c1-6-29(4,20-9-7-8-19-24(27(37)31-5)21(30)13-32-25(19)20)15-34-23-11-22(35-16-36-23)17-10-18-14-38-28(2,3)26(18)33-12-17/h7-13,16H,6,14-15H2,1-5H3,(H,31,37)(H,34,35,36). The third-order valence-electron chi connectivity index (χ3n) is 7.48. The molecule has 4 aromatic rings. The molecule has 38 heavy (non-hydrogen) atoms. The van der Waals surface area contributed by atoms with E-state index in [4.69, 9.17) is 4.74 Å². The van der Waals surface area contributed by atoms with E-state index in [0.717, 1.165) is 40.7 Å². The highest BCUT2D eigenvalue weighted by Crippen LogP contribution is 2.37. The summed E-state index contributed by atoms with van der Waals surface area (Å²) in [6.07, 6.45) is 5.25. The molecule has 0 bridgehead atoms. The van der Waals surface area contributed by atoms with Crippen LogP contribution in [0.15, 0.2) is 49.1 Å². The summed E-state index contributed by atoms with van der Waals surface area (Å²) in [5.74, 6) is -0.444. The second-order valence-electron chi connectivity index (χ2n) is 10.3. The molecule has 1 atom stereocenters. The number of rotatable bonds is 7. The molecule has 0 fully saturated rings. The van der Waals surface area contributed by atoms with E-state index in [1.165, 1.54) is 13.4 Å². The zero-order valence-electron chi connectivity index (χ0n) is 22.2. The van der Waals surface area contributed by atoms with Crippen LogP contribution in [0.5, 0.6) is 0 Å². The molecule has 9 heteroatoms. The van der Waals surface area contributed by atoms with Gasteiger partial charge >= 0.3 is 0 Å². The van der Waals surface area contributed by atoms with E-state index >= 15 is 0 Å². The summed E-state index contributed by atoms with van der Waals surface area (Å²) in [6.45, 7) is 9.31. The Kier molecular flexibility index (Phi) is 6.56. The quantitative estimate of drug-likeness (QED) is 0.352. The maximum absolute atomic E-state index is 14.6. The number of aromatic nitrogens is 4. The lowest BCUT2D eigenvalue weighted by Gasteiger charge is -2.30. The first-order valence-corrected chi connectivity index (χ1v) is 12.7. The molecule has 1 aliphatic heterocycles. The Morgan fingerprint density at radius 3 is 2.74 bits per heavy atom. The van der Waals surface area contributed by atoms with Crippen molar-refractivity contribution in [2.45, 2.75) is 51.7 Å². The van der Waals surface area contributed by atoms with E-state index in [0.29, 0.717) is 29.9 Å². The Balaban J connectivity index is 1.44. The normalized spacial score (nSPS) is 15.6. The highest BCUT2D eigenvalue weighted by molar-refractivity contribution is 6.06. The minimum atomic E-state index is -0.644. The van der Waals surface area contributed by atoms with E-state index in [2.05, 4.69) is 50.5 Å². The monoisotopic (exact) mass is 514 g/mol. The van der Waals surface area contributed by atoms with Gasteiger partial charge in [0.2, 0.25) is 0 Å². The van der Waals surface area contributed by atoms with E-state index in [1.54, 1.807) is 6.07 Å². The average molecular weight is 515 g/mol. The van der Waals surface area contributed by atoms with Crippen molar-refractivity contribution in [3.05, 3.63) is 77.3 Å². The number of benzene rings is 1. The number of para-hydroxylation sites is 1. The zero-order valence-corrected chi connectivity index (χ0v) is 22.2. The lowest BCUT2D eigenvalue weighted by Crippen LogP contribution is -2.31.